The van der Waals surface area contributed by atoms with Crippen LogP contribution in [0.25, 0.3) is 22.0 Å². The van der Waals surface area contributed by atoms with Crippen LogP contribution < -0.4 is 4.74 Å². The first-order valence-electron chi connectivity index (χ1n) is 9.58. The Morgan fingerprint density at radius 3 is 2.86 bits per heavy atom. The van der Waals surface area contributed by atoms with Crippen LogP contribution in [0.2, 0.25) is 0 Å². The smallest absolute Gasteiger partial charge is 0.169 e. The summed E-state index contributed by atoms with van der Waals surface area (Å²) in [4.78, 5) is 12.9. The second-order valence-electron chi connectivity index (χ2n) is 7.10. The van der Waals surface area contributed by atoms with Crippen molar-refractivity contribution in [1.29, 1.82) is 0 Å². The second kappa shape index (κ2) is 7.77. The van der Waals surface area contributed by atoms with Crippen LogP contribution in [0.4, 0.5) is 0 Å². The van der Waals surface area contributed by atoms with E-state index in [2.05, 4.69) is 43.7 Å². The standard InChI is InChI=1S/C22H21N5OS/c1-28-18-6-4-15(5-7-18)21-17(12-24-26-21)14-27-9-8-19-16(13-27)11-23-22(25-19)20-3-2-10-29-20/h2-7,10-12H,8-9,13-14H2,1H3,(H,24,26). The van der Waals surface area contributed by atoms with E-state index in [0.29, 0.717) is 0 Å². The molecule has 3 aromatic heterocycles. The van der Waals surface area contributed by atoms with E-state index in [1.165, 1.54) is 16.8 Å². The Morgan fingerprint density at radius 1 is 1.17 bits per heavy atom. The van der Waals surface area contributed by atoms with Gasteiger partial charge in [0.15, 0.2) is 5.82 Å². The van der Waals surface area contributed by atoms with E-state index in [-0.39, 0.29) is 0 Å². The molecule has 0 saturated heterocycles. The molecule has 7 heteroatoms. The van der Waals surface area contributed by atoms with Crippen LogP contribution in [0, 0.1) is 0 Å². The van der Waals surface area contributed by atoms with Crippen LogP contribution in [0.5, 0.6) is 5.75 Å². The molecule has 0 aliphatic carbocycles. The summed E-state index contributed by atoms with van der Waals surface area (Å²) < 4.78 is 5.26. The quantitative estimate of drug-likeness (QED) is 0.542. The number of aromatic amines is 1. The highest BCUT2D eigenvalue weighted by Crippen LogP contribution is 2.27. The van der Waals surface area contributed by atoms with Crippen LogP contribution in [0.1, 0.15) is 16.8 Å². The van der Waals surface area contributed by atoms with Gasteiger partial charge in [-0.05, 0) is 35.7 Å². The lowest BCUT2D eigenvalue weighted by atomic mass is 10.0. The van der Waals surface area contributed by atoms with E-state index in [1.807, 2.05) is 30.6 Å². The van der Waals surface area contributed by atoms with Crippen molar-refractivity contribution >= 4 is 11.3 Å². The van der Waals surface area contributed by atoms with Gasteiger partial charge in [-0.3, -0.25) is 10.00 Å². The summed E-state index contributed by atoms with van der Waals surface area (Å²) >= 11 is 1.68. The molecule has 0 amide bonds. The summed E-state index contributed by atoms with van der Waals surface area (Å²) in [7, 11) is 1.68. The molecule has 0 spiro atoms. The lowest BCUT2D eigenvalue weighted by Crippen LogP contribution is -2.31. The molecule has 5 rings (SSSR count). The minimum Gasteiger partial charge on any atom is -0.497 e. The van der Waals surface area contributed by atoms with Gasteiger partial charge < -0.3 is 4.74 Å². The van der Waals surface area contributed by atoms with Crippen LogP contribution in [0.3, 0.4) is 0 Å². The van der Waals surface area contributed by atoms with Gasteiger partial charge in [-0.1, -0.05) is 6.07 Å². The van der Waals surface area contributed by atoms with E-state index in [9.17, 15) is 0 Å². The molecule has 0 unspecified atom stereocenters. The van der Waals surface area contributed by atoms with Gasteiger partial charge in [0.25, 0.3) is 0 Å². The van der Waals surface area contributed by atoms with Gasteiger partial charge in [-0.25, -0.2) is 9.97 Å². The average Bonchev–Trinajstić information content (AvgIpc) is 3.46. The molecular weight excluding hydrogens is 382 g/mol. The minimum atomic E-state index is 0.837. The highest BCUT2D eigenvalue weighted by Gasteiger charge is 2.21. The third-order valence-electron chi connectivity index (χ3n) is 5.25. The molecule has 4 heterocycles. The van der Waals surface area contributed by atoms with Gasteiger partial charge in [0.05, 0.1) is 29.6 Å². The molecule has 0 bridgehead atoms. The first-order chi connectivity index (χ1) is 14.3. The molecule has 0 saturated carbocycles. The average molecular weight is 404 g/mol. The lowest BCUT2D eigenvalue weighted by Gasteiger charge is -2.28. The van der Waals surface area contributed by atoms with Crippen LogP contribution >= 0.6 is 11.3 Å². The zero-order chi connectivity index (χ0) is 19.6. The van der Waals surface area contributed by atoms with Crippen LogP contribution in [0.15, 0.2) is 54.2 Å². The number of rotatable bonds is 5. The van der Waals surface area contributed by atoms with Gasteiger partial charge in [0.1, 0.15) is 5.75 Å². The van der Waals surface area contributed by atoms with E-state index < -0.39 is 0 Å². The van der Waals surface area contributed by atoms with Crippen molar-refractivity contribution in [2.24, 2.45) is 0 Å². The Labute approximate surface area is 173 Å². The van der Waals surface area contributed by atoms with E-state index >= 15 is 0 Å². The Balaban J connectivity index is 1.32. The Kier molecular flexibility index (Phi) is 4.83. The van der Waals surface area contributed by atoms with E-state index in [4.69, 9.17) is 9.72 Å². The number of hydrogen-bond acceptors (Lipinski definition) is 6. The van der Waals surface area contributed by atoms with Gasteiger partial charge >= 0.3 is 0 Å². The van der Waals surface area contributed by atoms with Crippen molar-refractivity contribution in [3.63, 3.8) is 0 Å². The first-order valence-corrected chi connectivity index (χ1v) is 10.5. The molecule has 0 radical (unpaired) electrons. The number of thiophene rings is 1. The third kappa shape index (κ3) is 3.66. The van der Waals surface area contributed by atoms with Crippen molar-refractivity contribution in [3.8, 4) is 27.7 Å². The first kappa shape index (κ1) is 18.0. The van der Waals surface area contributed by atoms with E-state index in [0.717, 1.165) is 53.8 Å². The molecule has 29 heavy (non-hydrogen) atoms. The fraction of sp³-hybridized carbons (Fsp3) is 0.227. The highest BCUT2D eigenvalue weighted by molar-refractivity contribution is 7.13. The summed E-state index contributed by atoms with van der Waals surface area (Å²) in [5.74, 6) is 1.69. The predicted octanol–water partition coefficient (Wildman–Crippen LogP) is 4.16. The highest BCUT2D eigenvalue weighted by atomic mass is 32.1. The number of methoxy groups -OCH3 is 1. The molecular formula is C22H21N5OS. The zero-order valence-corrected chi connectivity index (χ0v) is 16.9. The van der Waals surface area contributed by atoms with Crippen molar-refractivity contribution in [1.82, 2.24) is 25.1 Å². The molecule has 146 valence electrons. The Morgan fingerprint density at radius 2 is 2.07 bits per heavy atom. The van der Waals surface area contributed by atoms with Gasteiger partial charge in [0, 0.05) is 48.9 Å². The van der Waals surface area contributed by atoms with Crippen molar-refractivity contribution in [3.05, 3.63) is 71.0 Å². The number of H-pyrrole nitrogens is 1. The number of nitrogens with one attached hydrogen (secondary N) is 1. The molecule has 1 aliphatic rings. The van der Waals surface area contributed by atoms with Crippen molar-refractivity contribution in [2.45, 2.75) is 19.5 Å². The number of nitrogens with zero attached hydrogens (tertiary/aromatic N) is 4. The number of ether oxygens (including phenoxy) is 1. The molecule has 4 aromatic rings. The molecule has 0 atom stereocenters. The van der Waals surface area contributed by atoms with Gasteiger partial charge in [0.2, 0.25) is 0 Å². The van der Waals surface area contributed by atoms with Crippen LogP contribution in [-0.2, 0) is 19.5 Å². The SMILES string of the molecule is COc1ccc(-c2[nH]ncc2CN2CCc3nc(-c4cccs4)ncc3C2)cc1. The minimum absolute atomic E-state index is 0.837. The fourth-order valence-corrected chi connectivity index (χ4v) is 4.38. The largest absolute Gasteiger partial charge is 0.497 e. The monoisotopic (exact) mass is 403 g/mol. The third-order valence-corrected chi connectivity index (χ3v) is 6.11. The Hall–Kier alpha value is -3.03. The summed E-state index contributed by atoms with van der Waals surface area (Å²) in [5, 5.41) is 9.50. The maximum absolute atomic E-state index is 5.26. The topological polar surface area (TPSA) is 66.9 Å². The zero-order valence-electron chi connectivity index (χ0n) is 16.1. The summed E-state index contributed by atoms with van der Waals surface area (Å²) in [5.41, 5.74) is 5.74. The molecule has 6 nitrogen and oxygen atoms in total. The molecule has 1 aliphatic heterocycles. The summed E-state index contributed by atoms with van der Waals surface area (Å²) in [6, 6.07) is 12.2. The summed E-state index contributed by atoms with van der Waals surface area (Å²) in [6.07, 6.45) is 4.85. The van der Waals surface area contributed by atoms with Crippen LogP contribution in [-0.4, -0.2) is 38.7 Å². The van der Waals surface area contributed by atoms with Crippen molar-refractivity contribution in [2.75, 3.05) is 13.7 Å². The predicted molar refractivity (Wildman–Crippen MR) is 114 cm³/mol. The maximum atomic E-state index is 5.26. The number of aromatic nitrogens is 4. The van der Waals surface area contributed by atoms with Gasteiger partial charge in [-0.2, -0.15) is 5.10 Å². The lowest BCUT2D eigenvalue weighted by molar-refractivity contribution is 0.243. The second-order valence-corrected chi connectivity index (χ2v) is 8.05. The molecule has 1 aromatic carbocycles. The fourth-order valence-electron chi connectivity index (χ4n) is 3.71. The number of fused-ring (bicyclic) bond motifs is 1. The maximum Gasteiger partial charge on any atom is 0.169 e. The molecule has 0 fully saturated rings. The number of hydrogen-bond donors (Lipinski definition) is 1. The number of benzene rings is 1. The summed E-state index contributed by atoms with van der Waals surface area (Å²) in [6.45, 7) is 2.67. The normalized spacial score (nSPS) is 14.0. The molecule has 1 N–H and O–H groups in total. The Bertz CT molecular complexity index is 1100. The van der Waals surface area contributed by atoms with Gasteiger partial charge in [-0.15, -0.1) is 11.3 Å². The van der Waals surface area contributed by atoms with Crippen molar-refractivity contribution < 1.29 is 4.74 Å². The van der Waals surface area contributed by atoms with E-state index in [1.54, 1.807) is 18.4 Å².